The molecule has 1 saturated carbocycles. The lowest BCUT2D eigenvalue weighted by Crippen LogP contribution is -2.35. The van der Waals surface area contributed by atoms with E-state index in [2.05, 4.69) is 5.32 Å². The van der Waals surface area contributed by atoms with Gasteiger partial charge in [0, 0.05) is 12.5 Å². The molecule has 5 nitrogen and oxygen atoms in total. The Hall–Kier alpha value is -2.04. The zero-order valence-corrected chi connectivity index (χ0v) is 13.0. The summed E-state index contributed by atoms with van der Waals surface area (Å²) in [6, 6.07) is 7.80. The molecule has 0 aromatic heterocycles. The van der Waals surface area contributed by atoms with Crippen LogP contribution < -0.4 is 10.1 Å². The van der Waals surface area contributed by atoms with E-state index in [9.17, 15) is 9.59 Å². The summed E-state index contributed by atoms with van der Waals surface area (Å²) < 4.78 is 10.1. The minimum absolute atomic E-state index is 0.183. The summed E-state index contributed by atoms with van der Waals surface area (Å²) in [5.74, 6) is 0.233. The van der Waals surface area contributed by atoms with Crippen molar-refractivity contribution in [2.75, 3.05) is 13.7 Å². The lowest BCUT2D eigenvalue weighted by Gasteiger charge is -2.11. The van der Waals surface area contributed by atoms with Gasteiger partial charge in [0.1, 0.15) is 5.75 Å². The highest BCUT2D eigenvalue weighted by atomic mass is 16.5. The molecule has 0 atom stereocenters. The molecule has 2 rings (SSSR count). The van der Waals surface area contributed by atoms with Crippen molar-refractivity contribution in [3.8, 4) is 5.75 Å². The predicted octanol–water partition coefficient (Wildman–Crippen LogP) is 2.23. The van der Waals surface area contributed by atoms with Gasteiger partial charge in [-0.15, -0.1) is 0 Å². The van der Waals surface area contributed by atoms with E-state index in [1.54, 1.807) is 7.11 Å². The zero-order valence-electron chi connectivity index (χ0n) is 13.0. The Morgan fingerprint density at radius 3 is 2.50 bits per heavy atom. The average Bonchev–Trinajstić information content (AvgIpc) is 3.04. The van der Waals surface area contributed by atoms with Crippen molar-refractivity contribution in [1.82, 2.24) is 5.32 Å². The fraction of sp³-hybridized carbons (Fsp3) is 0.529. The number of carbonyl (C=O) groups is 2. The maximum Gasteiger partial charge on any atom is 0.306 e. The first kappa shape index (κ1) is 16.3. The zero-order chi connectivity index (χ0) is 15.8. The molecule has 5 heteroatoms. The number of benzene rings is 1. The highest BCUT2D eigenvalue weighted by Crippen LogP contribution is 2.17. The van der Waals surface area contributed by atoms with E-state index in [1.165, 1.54) is 0 Å². The standard InChI is InChI=1S/C17H23NO4/c1-21-15-9-6-13(7-10-15)8-11-17(20)22-12-16(19)18-14-4-2-3-5-14/h6-7,9-10,14H,2-5,8,11-12H2,1H3,(H,18,19). The molecule has 1 amide bonds. The lowest BCUT2D eigenvalue weighted by molar-refractivity contribution is -0.148. The molecule has 0 unspecified atom stereocenters. The van der Waals surface area contributed by atoms with Crippen molar-refractivity contribution in [3.63, 3.8) is 0 Å². The van der Waals surface area contributed by atoms with E-state index in [4.69, 9.17) is 9.47 Å². The van der Waals surface area contributed by atoms with Crippen molar-refractivity contribution >= 4 is 11.9 Å². The van der Waals surface area contributed by atoms with Crippen molar-refractivity contribution in [2.24, 2.45) is 0 Å². The largest absolute Gasteiger partial charge is 0.497 e. The smallest absolute Gasteiger partial charge is 0.306 e. The molecule has 0 heterocycles. The van der Waals surface area contributed by atoms with Gasteiger partial charge in [0.25, 0.3) is 5.91 Å². The molecule has 1 aliphatic carbocycles. The number of rotatable bonds is 7. The Morgan fingerprint density at radius 1 is 1.18 bits per heavy atom. The first-order valence-electron chi connectivity index (χ1n) is 7.75. The first-order valence-corrected chi connectivity index (χ1v) is 7.75. The van der Waals surface area contributed by atoms with Crippen molar-refractivity contribution in [3.05, 3.63) is 29.8 Å². The number of nitrogens with one attached hydrogen (secondary N) is 1. The van der Waals surface area contributed by atoms with Crippen LogP contribution in [0.5, 0.6) is 5.75 Å². The van der Waals surface area contributed by atoms with E-state index in [0.29, 0.717) is 6.42 Å². The summed E-state index contributed by atoms with van der Waals surface area (Å²) in [7, 11) is 1.61. The van der Waals surface area contributed by atoms with E-state index in [1.807, 2.05) is 24.3 Å². The summed E-state index contributed by atoms with van der Waals surface area (Å²) in [4.78, 5) is 23.3. The van der Waals surface area contributed by atoms with Gasteiger partial charge < -0.3 is 14.8 Å². The van der Waals surface area contributed by atoms with Crippen LogP contribution >= 0.6 is 0 Å². The van der Waals surface area contributed by atoms with Crippen LogP contribution in [0.3, 0.4) is 0 Å². The predicted molar refractivity (Wildman–Crippen MR) is 82.7 cm³/mol. The molecule has 0 radical (unpaired) electrons. The molecule has 120 valence electrons. The number of carbonyl (C=O) groups excluding carboxylic acids is 2. The molecule has 1 N–H and O–H groups in total. The number of esters is 1. The summed E-state index contributed by atoms with van der Waals surface area (Å²) in [5.41, 5.74) is 1.04. The maximum atomic E-state index is 11.7. The molecule has 0 aliphatic heterocycles. The van der Waals surface area contributed by atoms with Gasteiger partial charge in [-0.1, -0.05) is 25.0 Å². The second kappa shape index (κ2) is 8.41. The minimum Gasteiger partial charge on any atom is -0.497 e. The third kappa shape index (κ3) is 5.39. The van der Waals surface area contributed by atoms with Crippen LogP contribution in [0, 0.1) is 0 Å². The number of hydrogen-bond acceptors (Lipinski definition) is 4. The summed E-state index contributed by atoms with van der Waals surface area (Å²) in [5, 5.41) is 2.89. The van der Waals surface area contributed by atoms with E-state index < -0.39 is 0 Å². The number of hydrogen-bond donors (Lipinski definition) is 1. The average molecular weight is 305 g/mol. The molecular formula is C17H23NO4. The molecule has 0 bridgehead atoms. The Kier molecular flexibility index (Phi) is 6.25. The summed E-state index contributed by atoms with van der Waals surface area (Å²) in [6.07, 6.45) is 5.23. The van der Waals surface area contributed by atoms with Crippen LogP contribution in [0.1, 0.15) is 37.7 Å². The third-order valence-electron chi connectivity index (χ3n) is 3.86. The minimum atomic E-state index is -0.350. The SMILES string of the molecule is COc1ccc(CCC(=O)OCC(=O)NC2CCCC2)cc1. The van der Waals surface area contributed by atoms with E-state index in [0.717, 1.165) is 37.0 Å². The highest BCUT2D eigenvalue weighted by molar-refractivity contribution is 5.80. The first-order chi connectivity index (χ1) is 10.7. The molecule has 1 fully saturated rings. The van der Waals surface area contributed by atoms with Gasteiger partial charge in [-0.05, 0) is 37.0 Å². The van der Waals surface area contributed by atoms with Gasteiger partial charge in [0.05, 0.1) is 7.11 Å². The van der Waals surface area contributed by atoms with E-state index in [-0.39, 0.29) is 30.9 Å². The number of methoxy groups -OCH3 is 1. The van der Waals surface area contributed by atoms with Crippen LogP contribution in [0.25, 0.3) is 0 Å². The Morgan fingerprint density at radius 2 is 1.86 bits per heavy atom. The molecule has 1 aromatic carbocycles. The van der Waals surface area contributed by atoms with Gasteiger partial charge in [-0.2, -0.15) is 0 Å². The normalized spacial score (nSPS) is 14.6. The molecule has 1 aliphatic rings. The molecule has 0 spiro atoms. The lowest BCUT2D eigenvalue weighted by atomic mass is 10.1. The van der Waals surface area contributed by atoms with Gasteiger partial charge in [-0.25, -0.2) is 0 Å². The topological polar surface area (TPSA) is 64.6 Å². The summed E-state index contributed by atoms with van der Waals surface area (Å²) in [6.45, 7) is -0.183. The van der Waals surface area contributed by atoms with Gasteiger partial charge >= 0.3 is 5.97 Å². The fourth-order valence-electron chi connectivity index (χ4n) is 2.60. The number of amides is 1. The quantitative estimate of drug-likeness (QED) is 0.785. The molecule has 0 saturated heterocycles. The van der Waals surface area contributed by atoms with E-state index >= 15 is 0 Å². The number of aryl methyl sites for hydroxylation is 1. The van der Waals surface area contributed by atoms with Crippen molar-refractivity contribution in [1.29, 1.82) is 0 Å². The van der Waals surface area contributed by atoms with Crippen LogP contribution in [0.15, 0.2) is 24.3 Å². The third-order valence-corrected chi connectivity index (χ3v) is 3.86. The fourth-order valence-corrected chi connectivity index (χ4v) is 2.60. The monoisotopic (exact) mass is 305 g/mol. The molecule has 22 heavy (non-hydrogen) atoms. The maximum absolute atomic E-state index is 11.7. The van der Waals surface area contributed by atoms with Gasteiger partial charge in [0.2, 0.25) is 0 Å². The molecular weight excluding hydrogens is 282 g/mol. The van der Waals surface area contributed by atoms with Crippen LogP contribution in [0.2, 0.25) is 0 Å². The number of ether oxygens (including phenoxy) is 2. The summed E-state index contributed by atoms with van der Waals surface area (Å²) >= 11 is 0. The molecule has 1 aromatic rings. The Balaban J connectivity index is 1.63. The van der Waals surface area contributed by atoms with Crippen molar-refractivity contribution in [2.45, 2.75) is 44.6 Å². The van der Waals surface area contributed by atoms with Crippen molar-refractivity contribution < 1.29 is 19.1 Å². The Labute approximate surface area is 131 Å². The van der Waals surface area contributed by atoms with Crippen LogP contribution in [-0.2, 0) is 20.7 Å². The second-order valence-electron chi connectivity index (χ2n) is 5.56. The van der Waals surface area contributed by atoms with Crippen LogP contribution in [0.4, 0.5) is 0 Å². The Bertz CT molecular complexity index is 492. The van der Waals surface area contributed by atoms with Crippen LogP contribution in [-0.4, -0.2) is 31.6 Å². The second-order valence-corrected chi connectivity index (χ2v) is 5.56. The van der Waals surface area contributed by atoms with Gasteiger partial charge in [-0.3, -0.25) is 9.59 Å². The van der Waals surface area contributed by atoms with Gasteiger partial charge in [0.15, 0.2) is 6.61 Å². The highest BCUT2D eigenvalue weighted by Gasteiger charge is 2.17.